The normalized spacial score (nSPS) is 11.6. The number of carbonyl (C=O) groups excluding carboxylic acids is 2. The van der Waals surface area contributed by atoms with E-state index in [4.69, 9.17) is 4.74 Å². The summed E-state index contributed by atoms with van der Waals surface area (Å²) < 4.78 is 5.40. The van der Waals surface area contributed by atoms with Gasteiger partial charge in [-0.05, 0) is 42.2 Å². The van der Waals surface area contributed by atoms with E-state index in [2.05, 4.69) is 19.2 Å². The predicted molar refractivity (Wildman–Crippen MR) is 91.1 cm³/mol. The van der Waals surface area contributed by atoms with Gasteiger partial charge in [0, 0.05) is 5.69 Å². The van der Waals surface area contributed by atoms with Crippen molar-refractivity contribution in [2.45, 2.75) is 26.2 Å². The Labute approximate surface area is 136 Å². The number of amides is 1. The van der Waals surface area contributed by atoms with E-state index in [1.54, 1.807) is 24.3 Å². The molecule has 0 heterocycles. The van der Waals surface area contributed by atoms with E-state index in [-0.39, 0.29) is 12.5 Å². The summed E-state index contributed by atoms with van der Waals surface area (Å²) >= 11 is 0. The van der Waals surface area contributed by atoms with Crippen LogP contribution in [-0.2, 0) is 4.79 Å². The minimum atomic E-state index is -0.262. The number of hydrogen-bond donors (Lipinski definition) is 1. The summed E-state index contributed by atoms with van der Waals surface area (Å²) in [4.78, 5) is 22.8. The smallest absolute Gasteiger partial charge is 0.262 e. The van der Waals surface area contributed by atoms with Gasteiger partial charge >= 0.3 is 0 Å². The van der Waals surface area contributed by atoms with Crippen LogP contribution in [0, 0.1) is 0 Å². The zero-order chi connectivity index (χ0) is 16.7. The topological polar surface area (TPSA) is 55.4 Å². The molecule has 2 aromatic carbocycles. The fourth-order valence-corrected chi connectivity index (χ4v) is 2.18. The summed E-state index contributed by atoms with van der Waals surface area (Å²) in [6.45, 7) is 4.18. The molecule has 2 aromatic rings. The number of para-hydroxylation sites is 1. The van der Waals surface area contributed by atoms with Crippen molar-refractivity contribution in [3.8, 4) is 5.75 Å². The number of aldehydes is 1. The van der Waals surface area contributed by atoms with Crippen molar-refractivity contribution >= 4 is 17.9 Å². The molecule has 0 fully saturated rings. The van der Waals surface area contributed by atoms with Crippen LogP contribution >= 0.6 is 0 Å². The van der Waals surface area contributed by atoms with Gasteiger partial charge < -0.3 is 10.1 Å². The van der Waals surface area contributed by atoms with Crippen molar-refractivity contribution in [2.24, 2.45) is 0 Å². The molecule has 0 aliphatic heterocycles. The van der Waals surface area contributed by atoms with Crippen molar-refractivity contribution < 1.29 is 14.3 Å². The first kappa shape index (κ1) is 16.7. The first-order chi connectivity index (χ1) is 11.1. The molecule has 1 amide bonds. The van der Waals surface area contributed by atoms with Gasteiger partial charge in [-0.25, -0.2) is 0 Å². The van der Waals surface area contributed by atoms with Gasteiger partial charge in [0.25, 0.3) is 5.91 Å². The van der Waals surface area contributed by atoms with Gasteiger partial charge in [0.1, 0.15) is 5.75 Å². The maximum Gasteiger partial charge on any atom is 0.262 e. The molecule has 4 nitrogen and oxygen atoms in total. The molecule has 1 atom stereocenters. The van der Waals surface area contributed by atoms with E-state index in [9.17, 15) is 9.59 Å². The van der Waals surface area contributed by atoms with Crippen molar-refractivity contribution in [3.05, 3.63) is 59.7 Å². The molecule has 1 N–H and O–H groups in total. The van der Waals surface area contributed by atoms with Gasteiger partial charge in [-0.15, -0.1) is 0 Å². The lowest BCUT2D eigenvalue weighted by molar-refractivity contribution is -0.118. The van der Waals surface area contributed by atoms with E-state index in [1.807, 2.05) is 24.3 Å². The molecule has 0 unspecified atom stereocenters. The van der Waals surface area contributed by atoms with Gasteiger partial charge in [-0.2, -0.15) is 0 Å². The van der Waals surface area contributed by atoms with Gasteiger partial charge in [-0.3, -0.25) is 9.59 Å². The van der Waals surface area contributed by atoms with Gasteiger partial charge in [0.05, 0.1) is 5.56 Å². The van der Waals surface area contributed by atoms with Crippen LogP contribution in [0.25, 0.3) is 0 Å². The van der Waals surface area contributed by atoms with E-state index in [0.29, 0.717) is 23.5 Å². The van der Waals surface area contributed by atoms with Crippen molar-refractivity contribution in [3.63, 3.8) is 0 Å². The van der Waals surface area contributed by atoms with Crippen LogP contribution < -0.4 is 10.1 Å². The van der Waals surface area contributed by atoms with Crippen LogP contribution in [0.15, 0.2) is 48.5 Å². The molecule has 0 radical (unpaired) electrons. The molecule has 0 aromatic heterocycles. The van der Waals surface area contributed by atoms with Crippen LogP contribution in [0.2, 0.25) is 0 Å². The molecule has 0 bridgehead atoms. The van der Waals surface area contributed by atoms with Gasteiger partial charge in [0.15, 0.2) is 12.9 Å². The van der Waals surface area contributed by atoms with Crippen LogP contribution in [0.1, 0.15) is 42.1 Å². The third-order valence-corrected chi connectivity index (χ3v) is 3.78. The monoisotopic (exact) mass is 311 g/mol. The Morgan fingerprint density at radius 2 is 1.87 bits per heavy atom. The average Bonchev–Trinajstić information content (AvgIpc) is 2.60. The van der Waals surface area contributed by atoms with Gasteiger partial charge in [-0.1, -0.05) is 38.1 Å². The Hall–Kier alpha value is -2.62. The highest BCUT2D eigenvalue weighted by molar-refractivity contribution is 5.92. The molecule has 2 rings (SSSR count). The summed E-state index contributed by atoms with van der Waals surface area (Å²) in [7, 11) is 0. The Bertz CT molecular complexity index is 665. The summed E-state index contributed by atoms with van der Waals surface area (Å²) in [5.41, 5.74) is 2.41. The molecular formula is C19H21NO3. The second-order valence-corrected chi connectivity index (χ2v) is 5.42. The number of rotatable bonds is 7. The quantitative estimate of drug-likeness (QED) is 0.785. The highest BCUT2D eigenvalue weighted by Crippen LogP contribution is 2.20. The number of nitrogens with one attached hydrogen (secondary N) is 1. The minimum absolute atomic E-state index is 0.141. The maximum atomic E-state index is 11.9. The zero-order valence-electron chi connectivity index (χ0n) is 13.4. The van der Waals surface area contributed by atoms with Crippen molar-refractivity contribution in [1.82, 2.24) is 0 Å². The summed E-state index contributed by atoms with van der Waals surface area (Å²) in [5.74, 6) is 0.648. The summed E-state index contributed by atoms with van der Waals surface area (Å²) in [6.07, 6.45) is 1.79. The SMILES string of the molecule is CC[C@@H](C)c1ccc(NC(=O)COc2ccccc2C=O)cc1. The first-order valence-corrected chi connectivity index (χ1v) is 7.70. The van der Waals surface area contributed by atoms with Crippen LogP contribution in [-0.4, -0.2) is 18.8 Å². The molecule has 0 aliphatic rings. The Kier molecular flexibility index (Phi) is 5.92. The van der Waals surface area contributed by atoms with E-state index < -0.39 is 0 Å². The molecule has 0 spiro atoms. The largest absolute Gasteiger partial charge is 0.483 e. The Morgan fingerprint density at radius 1 is 1.17 bits per heavy atom. The zero-order valence-corrected chi connectivity index (χ0v) is 13.4. The van der Waals surface area contributed by atoms with E-state index in [0.717, 1.165) is 12.1 Å². The molecule has 0 saturated carbocycles. The fraction of sp³-hybridized carbons (Fsp3) is 0.263. The number of hydrogen-bond acceptors (Lipinski definition) is 3. The standard InChI is InChI=1S/C19H21NO3/c1-3-14(2)15-8-10-17(11-9-15)20-19(22)13-23-18-7-5-4-6-16(18)12-21/h4-12,14H,3,13H2,1-2H3,(H,20,22)/t14-/m1/s1. The third-order valence-electron chi connectivity index (χ3n) is 3.78. The number of carbonyl (C=O) groups is 2. The highest BCUT2D eigenvalue weighted by Gasteiger charge is 2.07. The van der Waals surface area contributed by atoms with Crippen molar-refractivity contribution in [2.75, 3.05) is 11.9 Å². The summed E-state index contributed by atoms with van der Waals surface area (Å²) in [5, 5.41) is 2.78. The Balaban J connectivity index is 1.91. The van der Waals surface area contributed by atoms with E-state index in [1.165, 1.54) is 5.56 Å². The van der Waals surface area contributed by atoms with Crippen LogP contribution in [0.4, 0.5) is 5.69 Å². The van der Waals surface area contributed by atoms with Crippen molar-refractivity contribution in [1.29, 1.82) is 0 Å². The molecule has 0 aliphatic carbocycles. The number of anilines is 1. The lowest BCUT2D eigenvalue weighted by Crippen LogP contribution is -2.20. The van der Waals surface area contributed by atoms with Crippen LogP contribution in [0.3, 0.4) is 0 Å². The predicted octanol–water partition coefficient (Wildman–Crippen LogP) is 4.03. The summed E-state index contributed by atoms with van der Waals surface area (Å²) in [6, 6.07) is 14.6. The fourth-order valence-electron chi connectivity index (χ4n) is 2.18. The molecule has 23 heavy (non-hydrogen) atoms. The molecule has 120 valence electrons. The van der Waals surface area contributed by atoms with Gasteiger partial charge in [0.2, 0.25) is 0 Å². The third kappa shape index (κ3) is 4.68. The van der Waals surface area contributed by atoms with Crippen LogP contribution in [0.5, 0.6) is 5.75 Å². The Morgan fingerprint density at radius 3 is 2.52 bits per heavy atom. The first-order valence-electron chi connectivity index (χ1n) is 7.70. The maximum absolute atomic E-state index is 11.9. The lowest BCUT2D eigenvalue weighted by atomic mass is 9.99. The minimum Gasteiger partial charge on any atom is -0.483 e. The second kappa shape index (κ2) is 8.13. The lowest BCUT2D eigenvalue weighted by Gasteiger charge is -2.11. The highest BCUT2D eigenvalue weighted by atomic mass is 16.5. The molecular weight excluding hydrogens is 290 g/mol. The van der Waals surface area contributed by atoms with E-state index >= 15 is 0 Å². The average molecular weight is 311 g/mol. The molecule has 0 saturated heterocycles. The molecule has 4 heteroatoms. The number of ether oxygens (including phenoxy) is 1. The number of benzene rings is 2. The second-order valence-electron chi connectivity index (χ2n) is 5.42.